The number of rotatable bonds is 11. The number of nitrogens with zero attached hydrogens (tertiary/aromatic N) is 1. The fourth-order valence-electron chi connectivity index (χ4n) is 2.81. The minimum absolute atomic E-state index is 0.0711. The smallest absolute Gasteiger partial charge is 0.192 e. The molecular formula is C24H41NO2SSi. The molecule has 2 atom stereocenters. The number of carbonyl (C=O) groups excluding carboxylic acids is 1. The summed E-state index contributed by atoms with van der Waals surface area (Å²) in [5, 5.41) is 3.37. The van der Waals surface area contributed by atoms with E-state index in [2.05, 4.69) is 70.2 Å². The number of aryl methyl sites for hydroxylation is 1. The summed E-state index contributed by atoms with van der Waals surface area (Å²) in [5.74, 6) is 0.157. The van der Waals surface area contributed by atoms with Crippen LogP contribution in [-0.2, 0) is 9.22 Å². The SMILES string of the molecule is C/C(=C\C[C@H](O[Si](C)(C)C(C)(C)C)/C(C)=C/c1csc(C)n1)CCCC(C)C=O. The maximum atomic E-state index is 10.8. The van der Waals surface area contributed by atoms with Crippen LogP contribution < -0.4 is 0 Å². The van der Waals surface area contributed by atoms with Crippen molar-refractivity contribution in [2.75, 3.05) is 0 Å². The van der Waals surface area contributed by atoms with Crippen molar-refractivity contribution in [3.05, 3.63) is 33.3 Å². The summed E-state index contributed by atoms with van der Waals surface area (Å²) >= 11 is 1.68. The predicted octanol–water partition coefficient (Wildman–Crippen LogP) is 7.59. The van der Waals surface area contributed by atoms with Crippen molar-refractivity contribution in [3.63, 3.8) is 0 Å². The maximum absolute atomic E-state index is 10.8. The first kappa shape index (κ1) is 26.0. The maximum Gasteiger partial charge on any atom is 0.192 e. The van der Waals surface area contributed by atoms with Gasteiger partial charge in [-0.05, 0) is 76.2 Å². The molecule has 1 heterocycles. The summed E-state index contributed by atoms with van der Waals surface area (Å²) in [5.41, 5.74) is 3.64. The molecule has 0 saturated heterocycles. The van der Waals surface area contributed by atoms with E-state index in [-0.39, 0.29) is 17.1 Å². The largest absolute Gasteiger partial charge is 0.410 e. The first-order valence-corrected chi connectivity index (χ1v) is 14.5. The van der Waals surface area contributed by atoms with Crippen LogP contribution in [0.4, 0.5) is 0 Å². The second-order valence-corrected chi connectivity index (χ2v) is 15.7. The van der Waals surface area contributed by atoms with E-state index in [0.29, 0.717) is 0 Å². The molecule has 0 aliphatic heterocycles. The molecular weight excluding hydrogens is 394 g/mol. The Morgan fingerprint density at radius 3 is 2.48 bits per heavy atom. The highest BCUT2D eigenvalue weighted by Crippen LogP contribution is 2.38. The van der Waals surface area contributed by atoms with Crippen LogP contribution in [0, 0.1) is 12.8 Å². The van der Waals surface area contributed by atoms with Gasteiger partial charge in [0.05, 0.1) is 16.8 Å². The Labute approximate surface area is 183 Å². The van der Waals surface area contributed by atoms with Gasteiger partial charge in [-0.1, -0.05) is 39.3 Å². The summed E-state index contributed by atoms with van der Waals surface area (Å²) in [4.78, 5) is 15.4. The molecule has 0 aromatic carbocycles. The highest BCUT2D eigenvalue weighted by molar-refractivity contribution is 7.09. The molecule has 164 valence electrons. The highest BCUT2D eigenvalue weighted by atomic mass is 32.1. The van der Waals surface area contributed by atoms with Gasteiger partial charge in [0.15, 0.2) is 8.32 Å². The molecule has 1 aromatic heterocycles. The standard InChI is InChI=1S/C24H41NO2SSi/c1-18(11-10-12-19(2)16-26)13-14-23(27-29(8,9)24(5,6)7)20(3)15-22-17-28-21(4)25-22/h13,15-17,19,23H,10-12,14H2,1-9H3/b18-13+,20-15+/t19?,23-/m0/s1. The molecule has 0 N–H and O–H groups in total. The Kier molecular flexibility index (Phi) is 10.2. The minimum atomic E-state index is -1.89. The van der Waals surface area contributed by atoms with Crippen molar-refractivity contribution >= 4 is 32.0 Å². The Balaban J connectivity index is 2.94. The molecule has 29 heavy (non-hydrogen) atoms. The molecule has 0 bridgehead atoms. The van der Waals surface area contributed by atoms with Gasteiger partial charge in [-0.3, -0.25) is 0 Å². The summed E-state index contributed by atoms with van der Waals surface area (Å²) in [6.07, 6.45) is 9.57. The van der Waals surface area contributed by atoms with E-state index >= 15 is 0 Å². The van der Waals surface area contributed by atoms with Crippen LogP contribution >= 0.6 is 11.3 Å². The quantitative estimate of drug-likeness (QED) is 0.204. The zero-order chi connectivity index (χ0) is 22.2. The number of aldehydes is 1. The third-order valence-electron chi connectivity index (χ3n) is 5.91. The average Bonchev–Trinajstić information content (AvgIpc) is 3.01. The van der Waals surface area contributed by atoms with Crippen molar-refractivity contribution in [1.82, 2.24) is 4.98 Å². The Morgan fingerprint density at radius 2 is 1.97 bits per heavy atom. The Hall–Kier alpha value is -1.04. The Bertz CT molecular complexity index is 713. The van der Waals surface area contributed by atoms with Crippen molar-refractivity contribution in [3.8, 4) is 0 Å². The first-order valence-electron chi connectivity index (χ1n) is 10.7. The second kappa shape index (κ2) is 11.4. The first-order chi connectivity index (χ1) is 13.4. The summed E-state index contributed by atoms with van der Waals surface area (Å²) in [7, 11) is -1.89. The predicted molar refractivity (Wildman–Crippen MR) is 130 cm³/mol. The lowest BCUT2D eigenvalue weighted by atomic mass is 10.0. The van der Waals surface area contributed by atoms with E-state index in [1.54, 1.807) is 11.3 Å². The molecule has 0 aliphatic rings. The fourth-order valence-corrected chi connectivity index (χ4v) is 4.73. The van der Waals surface area contributed by atoms with Crippen LogP contribution in [0.3, 0.4) is 0 Å². The van der Waals surface area contributed by atoms with Crippen molar-refractivity contribution in [2.45, 2.75) is 98.4 Å². The third kappa shape index (κ3) is 9.10. The fraction of sp³-hybridized carbons (Fsp3) is 0.667. The monoisotopic (exact) mass is 435 g/mol. The summed E-state index contributed by atoms with van der Waals surface area (Å²) in [6, 6.07) is 0. The molecule has 0 aliphatic carbocycles. The van der Waals surface area contributed by atoms with Crippen LogP contribution in [0.5, 0.6) is 0 Å². The van der Waals surface area contributed by atoms with E-state index in [4.69, 9.17) is 4.43 Å². The van der Waals surface area contributed by atoms with Gasteiger partial charge in [0.2, 0.25) is 0 Å². The van der Waals surface area contributed by atoms with Crippen LogP contribution in [0.25, 0.3) is 6.08 Å². The molecule has 0 spiro atoms. The van der Waals surface area contributed by atoms with E-state index in [1.165, 1.54) is 11.1 Å². The van der Waals surface area contributed by atoms with Crippen molar-refractivity contribution in [2.24, 2.45) is 5.92 Å². The molecule has 1 aromatic rings. The van der Waals surface area contributed by atoms with Crippen molar-refractivity contribution in [1.29, 1.82) is 0 Å². The number of hydrogen-bond acceptors (Lipinski definition) is 4. The van der Waals surface area contributed by atoms with Gasteiger partial charge in [0.1, 0.15) is 6.29 Å². The molecule has 0 amide bonds. The van der Waals surface area contributed by atoms with Gasteiger partial charge in [-0.2, -0.15) is 0 Å². The zero-order valence-corrected chi connectivity index (χ0v) is 21.8. The van der Waals surface area contributed by atoms with Gasteiger partial charge in [0, 0.05) is 11.3 Å². The van der Waals surface area contributed by atoms with Crippen LogP contribution in [0.1, 0.15) is 77.9 Å². The molecule has 5 heteroatoms. The molecule has 0 saturated carbocycles. The zero-order valence-electron chi connectivity index (χ0n) is 20.0. The number of thiazole rings is 1. The Morgan fingerprint density at radius 1 is 1.31 bits per heavy atom. The van der Waals surface area contributed by atoms with E-state index in [0.717, 1.165) is 42.7 Å². The number of carbonyl (C=O) groups is 1. The lowest BCUT2D eigenvalue weighted by Crippen LogP contribution is -2.44. The van der Waals surface area contributed by atoms with Gasteiger partial charge < -0.3 is 9.22 Å². The third-order valence-corrected chi connectivity index (χ3v) is 11.2. The minimum Gasteiger partial charge on any atom is -0.410 e. The van der Waals surface area contributed by atoms with Gasteiger partial charge in [-0.25, -0.2) is 4.98 Å². The number of hydrogen-bond donors (Lipinski definition) is 0. The molecule has 3 nitrogen and oxygen atoms in total. The van der Waals surface area contributed by atoms with Crippen LogP contribution in [0.2, 0.25) is 18.1 Å². The molecule has 0 radical (unpaired) electrons. The molecule has 0 fully saturated rings. The normalized spacial score (nSPS) is 16.0. The summed E-state index contributed by atoms with van der Waals surface area (Å²) in [6.45, 7) is 19.9. The van der Waals surface area contributed by atoms with E-state index in [1.807, 2.05) is 13.8 Å². The van der Waals surface area contributed by atoms with E-state index < -0.39 is 8.32 Å². The van der Waals surface area contributed by atoms with E-state index in [9.17, 15) is 4.79 Å². The second-order valence-electron chi connectivity index (χ2n) is 9.84. The van der Waals surface area contributed by atoms with Crippen LogP contribution in [-0.4, -0.2) is 25.7 Å². The van der Waals surface area contributed by atoms with Gasteiger partial charge in [-0.15, -0.1) is 11.3 Å². The van der Waals surface area contributed by atoms with Gasteiger partial charge in [0.25, 0.3) is 0 Å². The van der Waals surface area contributed by atoms with Crippen molar-refractivity contribution < 1.29 is 9.22 Å². The molecule has 1 unspecified atom stereocenters. The van der Waals surface area contributed by atoms with Gasteiger partial charge >= 0.3 is 0 Å². The number of aromatic nitrogens is 1. The highest BCUT2D eigenvalue weighted by Gasteiger charge is 2.39. The number of allylic oxidation sites excluding steroid dienone is 1. The summed E-state index contributed by atoms with van der Waals surface area (Å²) < 4.78 is 6.81. The lowest BCUT2D eigenvalue weighted by molar-refractivity contribution is -0.110. The topological polar surface area (TPSA) is 39.2 Å². The average molecular weight is 436 g/mol. The lowest BCUT2D eigenvalue weighted by Gasteiger charge is -2.39. The van der Waals surface area contributed by atoms with Crippen LogP contribution in [0.15, 0.2) is 22.6 Å². The molecule has 1 rings (SSSR count).